The Hall–Kier alpha value is -5.14. The molecule has 3 rings (SSSR count). The molecule has 0 amide bonds. The van der Waals surface area contributed by atoms with Crippen LogP contribution in [0.5, 0.6) is 0 Å². The topological polar surface area (TPSA) is 198 Å². The Morgan fingerprint density at radius 3 is 2.21 bits per heavy atom. The Balaban J connectivity index is 1.71. The normalized spacial score (nSPS) is 14.9. The molecule has 0 aromatic heterocycles. The van der Waals surface area contributed by atoms with Crippen molar-refractivity contribution in [3.8, 4) is 0 Å². The van der Waals surface area contributed by atoms with Crippen LogP contribution < -0.4 is 0 Å². The quantitative estimate of drug-likeness (QED) is 0.237. The smallest absolute Gasteiger partial charge is 0.478 e. The number of hydrogen-bond donors (Lipinski definition) is 2. The van der Waals surface area contributed by atoms with E-state index in [0.717, 1.165) is 12.1 Å². The van der Waals surface area contributed by atoms with Crippen molar-refractivity contribution in [2.24, 2.45) is 0 Å². The SMILES string of the molecule is C=C(C)C(=O)OCC(COC(=O)OCC1COC(=O)O1)OC(=O)c1ccc2cc(C(=O)O)c(C(=O)O)cc2c1. The van der Waals surface area contributed by atoms with Crippen molar-refractivity contribution in [2.45, 2.75) is 19.1 Å². The van der Waals surface area contributed by atoms with E-state index >= 15 is 0 Å². The Morgan fingerprint density at radius 2 is 1.62 bits per heavy atom. The average Bonchev–Trinajstić information content (AvgIpc) is 3.32. The maximum atomic E-state index is 12.8. The molecule has 1 aliphatic heterocycles. The van der Waals surface area contributed by atoms with Gasteiger partial charge in [-0.3, -0.25) is 0 Å². The van der Waals surface area contributed by atoms with Gasteiger partial charge in [-0.25, -0.2) is 28.8 Å². The van der Waals surface area contributed by atoms with E-state index in [-0.39, 0.29) is 29.7 Å². The lowest BCUT2D eigenvalue weighted by atomic mass is 9.99. The molecule has 2 aromatic rings. The molecule has 1 fully saturated rings. The zero-order valence-corrected chi connectivity index (χ0v) is 20.4. The summed E-state index contributed by atoms with van der Waals surface area (Å²) in [6.07, 6.45) is -4.19. The van der Waals surface area contributed by atoms with Crippen LogP contribution in [0.25, 0.3) is 10.8 Å². The van der Waals surface area contributed by atoms with E-state index in [0.29, 0.717) is 5.39 Å². The highest BCUT2D eigenvalue weighted by Gasteiger charge is 2.27. The van der Waals surface area contributed by atoms with Crippen LogP contribution in [0.4, 0.5) is 9.59 Å². The number of hydrogen-bond acceptors (Lipinski definition) is 12. The van der Waals surface area contributed by atoms with Gasteiger partial charge < -0.3 is 38.6 Å². The number of rotatable bonds is 11. The van der Waals surface area contributed by atoms with Gasteiger partial charge in [0.05, 0.1) is 16.7 Å². The minimum atomic E-state index is -1.47. The van der Waals surface area contributed by atoms with Crippen molar-refractivity contribution < 1.29 is 67.4 Å². The average molecular weight is 546 g/mol. The second kappa shape index (κ2) is 12.4. The van der Waals surface area contributed by atoms with Crippen molar-refractivity contribution >= 4 is 47.0 Å². The molecule has 2 unspecified atom stereocenters. The van der Waals surface area contributed by atoms with Crippen LogP contribution in [0.2, 0.25) is 0 Å². The lowest BCUT2D eigenvalue weighted by Crippen LogP contribution is -2.31. The standard InChI is InChI=1S/C25H22O14/c1-12(2)22(30)34-8-16(9-35-24(32)36-10-17-11-37-25(33)39-17)38-23(31)14-4-3-13-6-18(20(26)27)19(21(28)29)7-15(13)5-14/h3-7,16-17H,1,8-11H2,2H3,(H,26,27)(H,28,29). The van der Waals surface area contributed by atoms with Gasteiger partial charge in [-0.05, 0) is 42.0 Å². The summed E-state index contributed by atoms with van der Waals surface area (Å²) >= 11 is 0. The Kier molecular flexibility index (Phi) is 9.04. The van der Waals surface area contributed by atoms with Crippen LogP contribution in [-0.2, 0) is 33.2 Å². The largest absolute Gasteiger partial charge is 0.508 e. The first-order valence-electron chi connectivity index (χ1n) is 11.2. The van der Waals surface area contributed by atoms with E-state index in [1.807, 2.05) is 0 Å². The van der Waals surface area contributed by atoms with Crippen LogP contribution in [0.1, 0.15) is 38.0 Å². The highest BCUT2D eigenvalue weighted by Crippen LogP contribution is 2.23. The molecule has 1 saturated heterocycles. The molecule has 1 aliphatic rings. The minimum absolute atomic E-state index is 0.0521. The fourth-order valence-corrected chi connectivity index (χ4v) is 3.22. The van der Waals surface area contributed by atoms with E-state index < -0.39 is 72.7 Å². The van der Waals surface area contributed by atoms with Crippen molar-refractivity contribution in [3.05, 3.63) is 59.2 Å². The third-order valence-electron chi connectivity index (χ3n) is 5.12. The van der Waals surface area contributed by atoms with Crippen molar-refractivity contribution in [1.29, 1.82) is 0 Å². The van der Waals surface area contributed by atoms with Crippen LogP contribution in [0.15, 0.2) is 42.5 Å². The van der Waals surface area contributed by atoms with Gasteiger partial charge in [-0.15, -0.1) is 0 Å². The number of carbonyl (C=O) groups is 6. The molecule has 0 aliphatic carbocycles. The van der Waals surface area contributed by atoms with Crippen LogP contribution in [0, 0.1) is 0 Å². The fraction of sp³-hybridized carbons (Fsp3) is 0.280. The Morgan fingerprint density at radius 1 is 0.974 bits per heavy atom. The summed E-state index contributed by atoms with van der Waals surface area (Å²) in [5, 5.41) is 19.2. The monoisotopic (exact) mass is 546 g/mol. The van der Waals surface area contributed by atoms with E-state index in [4.69, 9.17) is 23.7 Å². The summed E-state index contributed by atoms with van der Waals surface area (Å²) in [4.78, 5) is 70.3. The Bertz CT molecular complexity index is 1340. The fourth-order valence-electron chi connectivity index (χ4n) is 3.22. The summed E-state index contributed by atoms with van der Waals surface area (Å²) in [5.41, 5.74) is -0.884. The van der Waals surface area contributed by atoms with Crippen LogP contribution >= 0.6 is 0 Å². The van der Waals surface area contributed by atoms with Gasteiger partial charge >= 0.3 is 36.2 Å². The molecule has 2 N–H and O–H groups in total. The minimum Gasteiger partial charge on any atom is -0.478 e. The lowest BCUT2D eigenvalue weighted by Gasteiger charge is -2.18. The summed E-state index contributed by atoms with van der Waals surface area (Å²) < 4.78 is 29.3. The molecule has 2 atom stereocenters. The molecule has 0 bridgehead atoms. The predicted octanol–water partition coefficient (Wildman–Crippen LogP) is 2.57. The number of ether oxygens (including phenoxy) is 6. The number of carboxylic acid groups (broad SMARTS) is 2. The zero-order chi connectivity index (χ0) is 28.7. The summed E-state index contributed by atoms with van der Waals surface area (Å²) in [5.74, 6) is -4.63. The molecular weight excluding hydrogens is 524 g/mol. The molecule has 0 radical (unpaired) electrons. The molecule has 1 heterocycles. The predicted molar refractivity (Wildman–Crippen MR) is 126 cm³/mol. The molecule has 14 heteroatoms. The van der Waals surface area contributed by atoms with Gasteiger partial charge in [0.15, 0.2) is 12.2 Å². The molecule has 14 nitrogen and oxygen atoms in total. The number of fused-ring (bicyclic) bond motifs is 1. The molecule has 206 valence electrons. The molecule has 39 heavy (non-hydrogen) atoms. The third-order valence-corrected chi connectivity index (χ3v) is 5.12. The first-order valence-corrected chi connectivity index (χ1v) is 11.2. The van der Waals surface area contributed by atoms with Gasteiger partial charge in [0.25, 0.3) is 0 Å². The second-order valence-electron chi connectivity index (χ2n) is 8.15. The first-order chi connectivity index (χ1) is 18.4. The zero-order valence-electron chi connectivity index (χ0n) is 20.4. The number of carbonyl (C=O) groups excluding carboxylic acids is 4. The first kappa shape index (κ1) is 28.4. The van der Waals surface area contributed by atoms with E-state index in [1.54, 1.807) is 0 Å². The molecule has 0 spiro atoms. The summed E-state index contributed by atoms with van der Waals surface area (Å²) in [7, 11) is 0. The highest BCUT2D eigenvalue weighted by molar-refractivity contribution is 6.07. The third kappa shape index (κ3) is 7.67. The molecule has 0 saturated carbocycles. The second-order valence-corrected chi connectivity index (χ2v) is 8.15. The van der Waals surface area contributed by atoms with Gasteiger partial charge in [-0.2, -0.15) is 0 Å². The maximum absolute atomic E-state index is 12.8. The number of aromatic carboxylic acids is 2. The van der Waals surface area contributed by atoms with E-state index in [9.17, 15) is 39.0 Å². The van der Waals surface area contributed by atoms with Crippen molar-refractivity contribution in [3.63, 3.8) is 0 Å². The van der Waals surface area contributed by atoms with Gasteiger partial charge in [0, 0.05) is 5.57 Å². The lowest BCUT2D eigenvalue weighted by molar-refractivity contribution is -0.143. The highest BCUT2D eigenvalue weighted by atomic mass is 16.8. The summed E-state index contributed by atoms with van der Waals surface area (Å²) in [6.45, 7) is 3.27. The van der Waals surface area contributed by atoms with E-state index in [1.165, 1.54) is 25.1 Å². The number of esters is 2. The number of benzene rings is 2. The summed E-state index contributed by atoms with van der Waals surface area (Å²) in [6, 6.07) is 6.26. The van der Waals surface area contributed by atoms with Crippen molar-refractivity contribution in [1.82, 2.24) is 0 Å². The number of cyclic esters (lactones) is 2. The van der Waals surface area contributed by atoms with Crippen molar-refractivity contribution in [2.75, 3.05) is 26.4 Å². The molecule has 2 aromatic carbocycles. The van der Waals surface area contributed by atoms with Gasteiger partial charge in [0.1, 0.15) is 26.4 Å². The molecular formula is C25H22O14. The van der Waals surface area contributed by atoms with Gasteiger partial charge in [0.2, 0.25) is 0 Å². The maximum Gasteiger partial charge on any atom is 0.508 e. The van der Waals surface area contributed by atoms with Crippen LogP contribution in [-0.4, -0.2) is 85.0 Å². The van der Waals surface area contributed by atoms with Crippen LogP contribution in [0.3, 0.4) is 0 Å². The van der Waals surface area contributed by atoms with Gasteiger partial charge in [-0.1, -0.05) is 12.6 Å². The Labute approximate surface area is 219 Å². The number of carboxylic acids is 2. The van der Waals surface area contributed by atoms with E-state index in [2.05, 4.69) is 11.3 Å².